The number of aliphatic hydroxyl groups excluding tert-OH is 2. The second-order valence-electron chi connectivity index (χ2n) is 17.1. The largest absolute Gasteiger partial charge is 0.504 e. The van der Waals surface area contributed by atoms with Crippen LogP contribution >= 0.6 is 0 Å². The van der Waals surface area contributed by atoms with Crippen molar-refractivity contribution in [1.29, 1.82) is 0 Å². The molecular formula is C49H64N4O6. The van der Waals surface area contributed by atoms with Crippen LogP contribution in [0.1, 0.15) is 105 Å². The molecule has 0 amide bonds. The van der Waals surface area contributed by atoms with Gasteiger partial charge in [0.2, 0.25) is 0 Å². The number of fused-ring (bicyclic) bond motifs is 2. The van der Waals surface area contributed by atoms with E-state index in [-0.39, 0.29) is 42.1 Å². The maximum absolute atomic E-state index is 14.7. The minimum atomic E-state index is -1.79. The summed E-state index contributed by atoms with van der Waals surface area (Å²) in [6.45, 7) is 5.90. The van der Waals surface area contributed by atoms with Gasteiger partial charge in [-0.15, -0.1) is 0 Å². The molecule has 0 radical (unpaired) electrons. The van der Waals surface area contributed by atoms with Gasteiger partial charge in [0, 0.05) is 43.1 Å². The summed E-state index contributed by atoms with van der Waals surface area (Å²) in [6.07, 6.45) is 9.42. The molecule has 8 N–H and O–H groups in total. The van der Waals surface area contributed by atoms with Crippen molar-refractivity contribution in [3.63, 3.8) is 0 Å². The minimum Gasteiger partial charge on any atom is -0.504 e. The van der Waals surface area contributed by atoms with E-state index in [1.54, 1.807) is 12.1 Å². The Morgan fingerprint density at radius 1 is 1.05 bits per heavy atom. The summed E-state index contributed by atoms with van der Waals surface area (Å²) in [6, 6.07) is 15.5. The number of allylic oxidation sites excluding steroid dienone is 2. The van der Waals surface area contributed by atoms with Gasteiger partial charge >= 0.3 is 0 Å². The van der Waals surface area contributed by atoms with E-state index in [1.165, 1.54) is 12.7 Å². The van der Waals surface area contributed by atoms with Gasteiger partial charge < -0.3 is 41.4 Å². The van der Waals surface area contributed by atoms with Crippen molar-refractivity contribution in [2.24, 2.45) is 35.3 Å². The third-order valence-electron chi connectivity index (χ3n) is 13.0. The number of hydrogen-bond donors (Lipinski definition) is 7. The van der Waals surface area contributed by atoms with Gasteiger partial charge in [0.05, 0.1) is 25.0 Å². The summed E-state index contributed by atoms with van der Waals surface area (Å²) in [5.41, 5.74) is 12.0. The highest BCUT2D eigenvalue weighted by Crippen LogP contribution is 2.45. The van der Waals surface area contributed by atoms with Gasteiger partial charge in [-0.2, -0.15) is 0 Å². The van der Waals surface area contributed by atoms with Gasteiger partial charge in [-0.05, 0) is 134 Å². The Labute approximate surface area is 350 Å². The number of aromatic nitrogens is 1. The number of aliphatic hydroxyl groups is 2. The zero-order valence-corrected chi connectivity index (χ0v) is 35.2. The van der Waals surface area contributed by atoms with Crippen LogP contribution in [0.15, 0.2) is 78.3 Å². The van der Waals surface area contributed by atoms with Gasteiger partial charge in [-0.25, -0.2) is 0 Å². The quantitative estimate of drug-likeness (QED) is 0.0719. The van der Waals surface area contributed by atoms with Gasteiger partial charge in [0.25, 0.3) is 0 Å². The van der Waals surface area contributed by atoms with E-state index in [1.807, 2.05) is 43.5 Å². The van der Waals surface area contributed by atoms with Gasteiger partial charge in [-0.1, -0.05) is 68.5 Å². The molecule has 0 bridgehead atoms. The average Bonchev–Trinajstić information content (AvgIpc) is 3.62. The van der Waals surface area contributed by atoms with Crippen molar-refractivity contribution in [3.8, 4) is 23.3 Å². The maximum atomic E-state index is 14.7. The number of benzene rings is 2. The number of hydrogen-bond acceptors (Lipinski definition) is 9. The van der Waals surface area contributed by atoms with Crippen molar-refractivity contribution in [2.45, 2.75) is 102 Å². The molecule has 9 atom stereocenters. The molecule has 2 aliphatic carbocycles. The number of aromatic hydroxyl groups is 1. The third-order valence-corrected chi connectivity index (χ3v) is 13.0. The summed E-state index contributed by atoms with van der Waals surface area (Å²) in [7, 11) is 3.44. The van der Waals surface area contributed by atoms with E-state index in [0.29, 0.717) is 37.5 Å². The number of rotatable bonds is 14. The molecule has 0 unspecified atom stereocenters. The van der Waals surface area contributed by atoms with Crippen molar-refractivity contribution in [3.05, 3.63) is 106 Å². The lowest BCUT2D eigenvalue weighted by Crippen LogP contribution is -2.40. The molecular weight excluding hydrogens is 741 g/mol. The topological polar surface area (TPSA) is 170 Å². The number of dihydropyridines is 1. The van der Waals surface area contributed by atoms with Crippen LogP contribution < -0.4 is 21.1 Å². The van der Waals surface area contributed by atoms with E-state index >= 15 is 0 Å². The average molecular weight is 805 g/mol. The fourth-order valence-corrected chi connectivity index (χ4v) is 9.76. The number of nitrogens with one attached hydrogen (secondary N) is 3. The van der Waals surface area contributed by atoms with Crippen LogP contribution in [0.5, 0.6) is 11.5 Å². The van der Waals surface area contributed by atoms with Crippen LogP contribution in [-0.4, -0.2) is 71.3 Å². The SMILES string of the molecule is CCC[C@@H]([C@@H]1C[C@@H](CC2=CCNC(N)=C2)C[C@H]2C#C[C@H](c3ccccc3)c3cc(O)c(OC)cc3CCC(=O)[C@H](O)C(=O)[C@H]2C1)[C@H](O)Cc1cc([C@H](C)CCNC)c[nH]1. The van der Waals surface area contributed by atoms with Gasteiger partial charge in [0.15, 0.2) is 29.2 Å². The van der Waals surface area contributed by atoms with E-state index in [9.17, 15) is 24.9 Å². The van der Waals surface area contributed by atoms with Crippen LogP contribution in [0.3, 0.4) is 0 Å². The number of aryl methyl sites for hydroxylation is 1. The van der Waals surface area contributed by atoms with Crippen molar-refractivity contribution in [1.82, 2.24) is 15.6 Å². The van der Waals surface area contributed by atoms with Crippen molar-refractivity contribution >= 4 is 11.6 Å². The standard InChI is InChI=1S/C49H64N4O6/c1-5-9-40(44(55)27-38-24-37(29-53-38)30(2)16-18-51-3)36-22-32(20-31-17-19-52-47(50)23-31)21-34-12-14-39(33-10-7-6-8-11-33)41-28-45(56)46(59-4)26-35(41)13-15-43(54)49(58)48(57)42(34)25-36/h6-8,10-11,17,23-24,26,28-30,32,34,36,39-40,42,44,49,51-53,55-56,58H,5,9,13,15-16,18-22,25,27,50H2,1-4H3/t30-,32+,34-,36-,39-,40+,42+,44-,49+/m1/s1. The molecule has 2 heterocycles. The Hall–Kier alpha value is -4.82. The second-order valence-corrected chi connectivity index (χ2v) is 17.1. The fraction of sp³-hybridized carbons (Fsp3) is 0.510. The van der Waals surface area contributed by atoms with Gasteiger partial charge in [-0.3, -0.25) is 9.59 Å². The van der Waals surface area contributed by atoms with Crippen LogP contribution in [-0.2, 0) is 22.4 Å². The number of Topliss-reactive ketones (excluding diaryl/α,β-unsaturated/α-hetero) is 2. The lowest BCUT2D eigenvalue weighted by atomic mass is 9.73. The smallest absolute Gasteiger partial charge is 0.173 e. The summed E-state index contributed by atoms with van der Waals surface area (Å²) < 4.78 is 5.46. The first-order valence-corrected chi connectivity index (χ1v) is 21.6. The molecule has 1 aromatic heterocycles. The van der Waals surface area contributed by atoms with E-state index < -0.39 is 41.5 Å². The number of phenolic OH excluding ortho intramolecular Hbond substituents is 1. The van der Waals surface area contributed by atoms with E-state index in [4.69, 9.17) is 10.5 Å². The minimum absolute atomic E-state index is 0.0279. The van der Waals surface area contributed by atoms with Gasteiger partial charge in [0.1, 0.15) is 0 Å². The summed E-state index contributed by atoms with van der Waals surface area (Å²) in [5, 5.41) is 41.2. The monoisotopic (exact) mass is 804 g/mol. The number of aromatic amines is 1. The van der Waals surface area contributed by atoms with Crippen LogP contribution in [0.2, 0.25) is 0 Å². The van der Waals surface area contributed by atoms with Crippen molar-refractivity contribution < 1.29 is 29.6 Å². The van der Waals surface area contributed by atoms with Crippen molar-refractivity contribution in [2.75, 3.05) is 27.2 Å². The normalized spacial score (nSPS) is 25.2. The number of ketones is 2. The zero-order valence-electron chi connectivity index (χ0n) is 35.2. The van der Waals surface area contributed by atoms with E-state index in [2.05, 4.69) is 59.6 Å². The van der Waals surface area contributed by atoms with Crippen LogP contribution in [0.25, 0.3) is 0 Å². The molecule has 3 aliphatic rings. The lowest BCUT2D eigenvalue weighted by Gasteiger charge is -2.33. The Morgan fingerprint density at radius 2 is 1.85 bits per heavy atom. The Morgan fingerprint density at radius 3 is 2.58 bits per heavy atom. The molecule has 0 spiro atoms. The first kappa shape index (κ1) is 43.8. The van der Waals surface area contributed by atoms with E-state index in [0.717, 1.165) is 66.6 Å². The molecule has 10 nitrogen and oxygen atoms in total. The third kappa shape index (κ3) is 10.9. The zero-order chi connectivity index (χ0) is 42.1. The molecule has 3 aromatic rings. The number of carbonyl (C=O) groups excluding carboxylic acids is 2. The number of carbonyl (C=O) groups is 2. The summed E-state index contributed by atoms with van der Waals surface area (Å²) in [4.78, 5) is 31.9. The van der Waals surface area contributed by atoms with Crippen LogP contribution in [0, 0.1) is 41.4 Å². The number of phenols is 1. The first-order chi connectivity index (χ1) is 28.5. The highest BCUT2D eigenvalue weighted by Gasteiger charge is 2.43. The summed E-state index contributed by atoms with van der Waals surface area (Å²) in [5.74, 6) is 5.61. The first-order valence-electron chi connectivity index (χ1n) is 21.6. The molecule has 1 aliphatic heterocycles. The van der Waals surface area contributed by atoms with Crippen LogP contribution in [0.4, 0.5) is 0 Å². The highest BCUT2D eigenvalue weighted by atomic mass is 16.5. The fourth-order valence-electron chi connectivity index (χ4n) is 9.76. The summed E-state index contributed by atoms with van der Waals surface area (Å²) >= 11 is 0. The highest BCUT2D eigenvalue weighted by molar-refractivity contribution is 6.06. The Bertz CT molecular complexity index is 2030. The predicted octanol–water partition coefficient (Wildman–Crippen LogP) is 6.41. The molecule has 316 valence electrons. The lowest BCUT2D eigenvalue weighted by molar-refractivity contribution is -0.142. The number of ether oxygens (including phenoxy) is 1. The molecule has 6 rings (SSSR count). The molecule has 59 heavy (non-hydrogen) atoms. The molecule has 1 saturated carbocycles. The molecule has 10 heteroatoms. The number of H-pyrrole nitrogens is 1. The molecule has 0 saturated heterocycles. The Kier molecular flexibility index (Phi) is 15.2. The number of nitrogens with two attached hydrogens (primary N) is 1. The Balaban J connectivity index is 1.42. The molecule has 2 aromatic carbocycles. The number of methoxy groups -OCH3 is 1. The second kappa shape index (κ2) is 20.4. The maximum Gasteiger partial charge on any atom is 0.173 e. The predicted molar refractivity (Wildman–Crippen MR) is 232 cm³/mol. The molecule has 1 fully saturated rings.